The minimum atomic E-state index is -0.847. The number of pyridine rings is 1. The van der Waals surface area contributed by atoms with Crippen LogP contribution in [0, 0.1) is 0 Å². The maximum absolute atomic E-state index is 12.6. The van der Waals surface area contributed by atoms with Crippen molar-refractivity contribution in [2.75, 3.05) is 5.32 Å². The van der Waals surface area contributed by atoms with Gasteiger partial charge < -0.3 is 9.88 Å². The van der Waals surface area contributed by atoms with Gasteiger partial charge >= 0.3 is 5.76 Å². The Labute approximate surface area is 194 Å². The average molecular weight is 482 g/mol. The number of carbonyl (C=O) groups is 1. The number of para-hydroxylation sites is 1. The first-order valence-electron chi connectivity index (χ1n) is 9.57. The van der Waals surface area contributed by atoms with Crippen LogP contribution in [0.5, 0.6) is 0 Å². The van der Waals surface area contributed by atoms with Crippen molar-refractivity contribution >= 4 is 45.8 Å². The molecular weight excluding hydrogens is 469 g/mol. The third-order valence-corrected chi connectivity index (χ3v) is 5.51. The number of amides is 1. The van der Waals surface area contributed by atoms with Gasteiger partial charge in [0.15, 0.2) is 0 Å². The van der Waals surface area contributed by atoms with E-state index >= 15 is 0 Å². The van der Waals surface area contributed by atoms with E-state index in [0.29, 0.717) is 22.4 Å². The number of hydrogen-bond acceptors (Lipinski definition) is 5. The second-order valence-electron chi connectivity index (χ2n) is 6.99. The van der Waals surface area contributed by atoms with E-state index in [-0.39, 0.29) is 21.4 Å². The lowest BCUT2D eigenvalue weighted by Gasteiger charge is -2.14. The van der Waals surface area contributed by atoms with Crippen LogP contribution in [0.3, 0.4) is 0 Å². The highest BCUT2D eigenvalue weighted by Crippen LogP contribution is 2.35. The molecule has 2 N–H and O–H groups in total. The molecule has 0 saturated carbocycles. The first-order valence-corrected chi connectivity index (χ1v) is 10.3. The summed E-state index contributed by atoms with van der Waals surface area (Å²) in [6, 6.07) is 17.3. The molecule has 5 rings (SSSR count). The van der Waals surface area contributed by atoms with Crippen LogP contribution in [-0.2, 0) is 0 Å². The van der Waals surface area contributed by atoms with Crippen molar-refractivity contribution in [3.05, 3.63) is 104 Å². The Morgan fingerprint density at radius 1 is 0.970 bits per heavy atom. The van der Waals surface area contributed by atoms with Crippen LogP contribution in [0.15, 0.2) is 81.0 Å². The van der Waals surface area contributed by atoms with Crippen molar-refractivity contribution < 1.29 is 9.32 Å². The Kier molecular flexibility index (Phi) is 5.12. The summed E-state index contributed by atoms with van der Waals surface area (Å²) in [7, 11) is 0. The van der Waals surface area contributed by atoms with E-state index < -0.39 is 11.7 Å². The zero-order chi connectivity index (χ0) is 23.1. The number of aromatic amines is 1. The van der Waals surface area contributed by atoms with E-state index in [0.717, 1.165) is 5.69 Å². The van der Waals surface area contributed by atoms with Gasteiger partial charge in [-0.15, -0.1) is 0 Å². The number of aromatic nitrogens is 4. The van der Waals surface area contributed by atoms with E-state index in [1.807, 2.05) is 30.3 Å². The second-order valence-corrected chi connectivity index (χ2v) is 7.80. The highest BCUT2D eigenvalue weighted by Gasteiger charge is 2.17. The zero-order valence-corrected chi connectivity index (χ0v) is 18.1. The van der Waals surface area contributed by atoms with Gasteiger partial charge in [0.1, 0.15) is 0 Å². The summed E-state index contributed by atoms with van der Waals surface area (Å²) in [6.45, 7) is 0. The molecule has 0 aliphatic rings. The lowest BCUT2D eigenvalue weighted by atomic mass is 10.2. The van der Waals surface area contributed by atoms with Crippen LogP contribution in [0.25, 0.3) is 22.4 Å². The quantitative estimate of drug-likeness (QED) is 0.402. The number of halogens is 2. The summed E-state index contributed by atoms with van der Waals surface area (Å²) < 4.78 is 7.69. The van der Waals surface area contributed by atoms with Crippen molar-refractivity contribution in [2.24, 2.45) is 0 Å². The predicted octanol–water partition coefficient (Wildman–Crippen LogP) is 4.02. The molecule has 9 nitrogen and oxygen atoms in total. The molecule has 0 unspecified atom stereocenters. The standard InChI is InChI=1S/C22H13Cl2N5O4/c23-14-10-12(25-21(31)20-26-22(32)33-27-20)11-15(24)19(14)28-9-8-17-16(28)6-7-18(30)29(17)13-4-2-1-3-5-13/h1-11H,(H,25,31)(H,26,27,32). The number of benzene rings is 2. The van der Waals surface area contributed by atoms with Gasteiger partial charge in [-0.3, -0.25) is 23.7 Å². The van der Waals surface area contributed by atoms with Gasteiger partial charge in [-0.05, 0) is 41.6 Å². The minimum Gasteiger partial charge on any atom is -0.319 e. The molecule has 0 bridgehead atoms. The first kappa shape index (κ1) is 20.8. The van der Waals surface area contributed by atoms with E-state index in [1.165, 1.54) is 18.2 Å². The Morgan fingerprint density at radius 2 is 1.70 bits per heavy atom. The summed E-state index contributed by atoms with van der Waals surface area (Å²) >= 11 is 13.1. The largest absolute Gasteiger partial charge is 0.439 e. The number of H-pyrrole nitrogens is 1. The van der Waals surface area contributed by atoms with E-state index in [1.54, 1.807) is 27.5 Å². The number of nitrogens with one attached hydrogen (secondary N) is 2. The molecule has 2 aromatic carbocycles. The number of hydrogen-bond donors (Lipinski definition) is 2. The topological polar surface area (TPSA) is 115 Å². The Balaban J connectivity index is 1.57. The molecule has 1 amide bonds. The fraction of sp³-hybridized carbons (Fsp3) is 0. The van der Waals surface area contributed by atoms with Gasteiger partial charge in [-0.2, -0.15) is 0 Å². The number of nitrogens with zero attached hydrogens (tertiary/aromatic N) is 3. The molecule has 0 fully saturated rings. The Hall–Kier alpha value is -4.08. The SMILES string of the molecule is O=C(Nc1cc(Cl)c(-n2ccc3c2ccc(=O)n3-c2ccccc2)c(Cl)c1)c1noc(=O)[nH]1. The molecule has 5 aromatic rings. The number of fused-ring (bicyclic) bond motifs is 1. The Morgan fingerprint density at radius 3 is 2.36 bits per heavy atom. The third-order valence-electron chi connectivity index (χ3n) is 4.93. The summed E-state index contributed by atoms with van der Waals surface area (Å²) in [5, 5.41) is 6.38. The van der Waals surface area contributed by atoms with Gasteiger partial charge in [0, 0.05) is 23.6 Å². The molecule has 0 spiro atoms. The zero-order valence-electron chi connectivity index (χ0n) is 16.6. The normalized spacial score (nSPS) is 11.1. The van der Waals surface area contributed by atoms with Crippen LogP contribution in [0.2, 0.25) is 10.0 Å². The highest BCUT2D eigenvalue weighted by molar-refractivity contribution is 6.38. The van der Waals surface area contributed by atoms with Crippen LogP contribution >= 0.6 is 23.2 Å². The summed E-state index contributed by atoms with van der Waals surface area (Å²) in [4.78, 5) is 38.0. The second kappa shape index (κ2) is 8.12. The van der Waals surface area contributed by atoms with Gasteiger partial charge in [-0.1, -0.05) is 41.4 Å². The van der Waals surface area contributed by atoms with Crippen molar-refractivity contribution in [1.82, 2.24) is 19.3 Å². The molecule has 3 aromatic heterocycles. The van der Waals surface area contributed by atoms with Crippen molar-refractivity contribution in [3.63, 3.8) is 0 Å². The molecule has 0 saturated heterocycles. The molecule has 164 valence electrons. The molecule has 0 aliphatic heterocycles. The lowest BCUT2D eigenvalue weighted by Crippen LogP contribution is -2.17. The first-order chi connectivity index (χ1) is 15.9. The maximum Gasteiger partial charge on any atom is 0.439 e. The maximum atomic E-state index is 12.6. The molecule has 33 heavy (non-hydrogen) atoms. The lowest BCUT2D eigenvalue weighted by molar-refractivity contribution is 0.101. The molecular formula is C22H13Cl2N5O4. The fourth-order valence-electron chi connectivity index (χ4n) is 3.56. The van der Waals surface area contributed by atoms with Gasteiger partial charge in [0.2, 0.25) is 5.82 Å². The summed E-state index contributed by atoms with van der Waals surface area (Å²) in [6.07, 6.45) is 1.76. The monoisotopic (exact) mass is 481 g/mol. The summed E-state index contributed by atoms with van der Waals surface area (Å²) in [5.41, 5.74) is 2.70. The number of anilines is 1. The van der Waals surface area contributed by atoms with Crippen molar-refractivity contribution in [3.8, 4) is 11.4 Å². The smallest absolute Gasteiger partial charge is 0.319 e. The molecule has 11 heteroatoms. The Bertz CT molecular complexity index is 1610. The van der Waals surface area contributed by atoms with Crippen LogP contribution in [0.1, 0.15) is 10.6 Å². The predicted molar refractivity (Wildman–Crippen MR) is 124 cm³/mol. The third kappa shape index (κ3) is 3.73. The van der Waals surface area contributed by atoms with E-state index in [4.69, 9.17) is 23.2 Å². The van der Waals surface area contributed by atoms with Gasteiger partial charge in [0.05, 0.1) is 26.8 Å². The number of carbonyl (C=O) groups excluding carboxylic acids is 1. The van der Waals surface area contributed by atoms with Crippen LogP contribution < -0.4 is 16.6 Å². The van der Waals surface area contributed by atoms with E-state index in [2.05, 4.69) is 20.0 Å². The molecule has 0 atom stereocenters. The molecule has 0 radical (unpaired) electrons. The highest BCUT2D eigenvalue weighted by atomic mass is 35.5. The number of rotatable bonds is 4. The van der Waals surface area contributed by atoms with E-state index in [9.17, 15) is 14.4 Å². The van der Waals surface area contributed by atoms with Crippen LogP contribution in [0.4, 0.5) is 5.69 Å². The van der Waals surface area contributed by atoms with Crippen molar-refractivity contribution in [1.29, 1.82) is 0 Å². The summed E-state index contributed by atoms with van der Waals surface area (Å²) in [5.74, 6) is -1.83. The molecule has 3 heterocycles. The van der Waals surface area contributed by atoms with Crippen LogP contribution in [-0.4, -0.2) is 25.2 Å². The molecule has 0 aliphatic carbocycles. The van der Waals surface area contributed by atoms with Gasteiger partial charge in [0.25, 0.3) is 11.5 Å². The van der Waals surface area contributed by atoms with Crippen molar-refractivity contribution in [2.45, 2.75) is 0 Å². The fourth-order valence-corrected chi connectivity index (χ4v) is 4.23. The minimum absolute atomic E-state index is 0.174. The van der Waals surface area contributed by atoms with Gasteiger partial charge in [-0.25, -0.2) is 4.79 Å². The average Bonchev–Trinajstić information content (AvgIpc) is 3.40.